The molecule has 4 aromatic carbocycles. The lowest BCUT2D eigenvalue weighted by Gasteiger charge is -2.14. The van der Waals surface area contributed by atoms with E-state index in [1.165, 1.54) is 33.4 Å². The summed E-state index contributed by atoms with van der Waals surface area (Å²) in [5, 5.41) is 9.03. The maximum Gasteiger partial charge on any atom is 0.0562 e. The summed E-state index contributed by atoms with van der Waals surface area (Å²) in [5.74, 6) is 0. The third kappa shape index (κ3) is 6.50. The highest BCUT2D eigenvalue weighted by molar-refractivity contribution is 9.10. The zero-order valence-electron chi connectivity index (χ0n) is 19.7. The van der Waals surface area contributed by atoms with Crippen molar-refractivity contribution in [1.82, 2.24) is 0 Å². The first-order chi connectivity index (χ1) is 17.6. The van der Waals surface area contributed by atoms with Crippen LogP contribution in [0.25, 0.3) is 0 Å². The summed E-state index contributed by atoms with van der Waals surface area (Å²) in [4.78, 5) is 0. The summed E-state index contributed by atoms with van der Waals surface area (Å²) in [5.41, 5.74) is 15.8. The molecule has 2 N–H and O–H groups in total. The SMILES string of the molecule is Brc1ccc(N/N=C/c2cc3ccc2CCc2ccc(c(/C=N/Nc4ccc(Br)cc4)c2)CC3)cc1. The number of halogens is 2. The quantitative estimate of drug-likeness (QED) is 0.174. The highest BCUT2D eigenvalue weighted by Gasteiger charge is 2.10. The van der Waals surface area contributed by atoms with Gasteiger partial charge in [-0.3, -0.25) is 10.9 Å². The van der Waals surface area contributed by atoms with Gasteiger partial charge in [0.2, 0.25) is 0 Å². The van der Waals surface area contributed by atoms with Crippen LogP contribution in [0, 0.1) is 0 Å². The molecule has 0 aromatic heterocycles. The molecule has 4 aliphatic rings. The molecule has 4 aliphatic carbocycles. The van der Waals surface area contributed by atoms with Gasteiger partial charge in [-0.2, -0.15) is 10.2 Å². The van der Waals surface area contributed by atoms with Crippen LogP contribution in [0.3, 0.4) is 0 Å². The van der Waals surface area contributed by atoms with E-state index in [1.807, 2.05) is 61.0 Å². The molecule has 4 nitrogen and oxygen atoms in total. The molecule has 4 bridgehead atoms. The van der Waals surface area contributed by atoms with Gasteiger partial charge in [-0.15, -0.1) is 0 Å². The van der Waals surface area contributed by atoms with E-state index >= 15 is 0 Å². The van der Waals surface area contributed by atoms with Crippen molar-refractivity contribution in [3.8, 4) is 0 Å². The Hall–Kier alpha value is -3.22. The second kappa shape index (κ2) is 11.7. The van der Waals surface area contributed by atoms with Crippen LogP contribution in [0.5, 0.6) is 0 Å². The molecule has 0 saturated carbocycles. The molecule has 0 fully saturated rings. The minimum atomic E-state index is 0.951. The van der Waals surface area contributed by atoms with Crippen molar-refractivity contribution in [2.45, 2.75) is 25.7 Å². The lowest BCUT2D eigenvalue weighted by Crippen LogP contribution is -2.05. The van der Waals surface area contributed by atoms with Crippen LogP contribution in [-0.4, -0.2) is 12.4 Å². The first-order valence-corrected chi connectivity index (χ1v) is 13.5. The number of anilines is 2. The van der Waals surface area contributed by atoms with Crippen molar-refractivity contribution in [3.63, 3.8) is 0 Å². The molecule has 0 atom stereocenters. The summed E-state index contributed by atoms with van der Waals surface area (Å²) in [7, 11) is 0. The van der Waals surface area contributed by atoms with Gasteiger partial charge in [0.25, 0.3) is 0 Å². The average Bonchev–Trinajstić information content (AvgIpc) is 2.88. The predicted octanol–water partition coefficient (Wildman–Crippen LogP) is 7.99. The molecule has 180 valence electrons. The van der Waals surface area contributed by atoms with E-state index in [9.17, 15) is 0 Å². The van der Waals surface area contributed by atoms with E-state index in [0.717, 1.165) is 46.0 Å². The number of hydrogen-bond donors (Lipinski definition) is 2. The number of aryl methyl sites for hydroxylation is 4. The highest BCUT2D eigenvalue weighted by atomic mass is 79.9. The van der Waals surface area contributed by atoms with Gasteiger partial charge >= 0.3 is 0 Å². The number of benzene rings is 4. The minimum absolute atomic E-state index is 0.951. The molecule has 0 unspecified atom stereocenters. The minimum Gasteiger partial charge on any atom is -0.279 e. The summed E-state index contributed by atoms with van der Waals surface area (Å²) in [6.45, 7) is 0. The van der Waals surface area contributed by atoms with Crippen molar-refractivity contribution < 1.29 is 0 Å². The molecule has 0 spiro atoms. The van der Waals surface area contributed by atoms with Gasteiger partial charge in [-0.25, -0.2) is 0 Å². The van der Waals surface area contributed by atoms with Gasteiger partial charge in [-0.05, 0) is 120 Å². The average molecular weight is 602 g/mol. The fraction of sp³-hybridized carbons (Fsp3) is 0.133. The normalized spacial score (nSPS) is 13.2. The van der Waals surface area contributed by atoms with Crippen LogP contribution in [-0.2, 0) is 25.7 Å². The maximum atomic E-state index is 4.51. The molecule has 6 heteroatoms. The Bertz CT molecular complexity index is 1280. The smallest absolute Gasteiger partial charge is 0.0562 e. The van der Waals surface area contributed by atoms with Crippen molar-refractivity contribution in [2.75, 3.05) is 10.9 Å². The number of nitrogens with one attached hydrogen (secondary N) is 2. The van der Waals surface area contributed by atoms with Gasteiger partial charge in [0, 0.05) is 8.95 Å². The van der Waals surface area contributed by atoms with E-state index in [1.54, 1.807) is 0 Å². The molecule has 4 aromatic rings. The topological polar surface area (TPSA) is 48.8 Å². The van der Waals surface area contributed by atoms with Gasteiger partial charge in [-0.1, -0.05) is 56.1 Å². The molecular formula is C30H26Br2N4. The maximum absolute atomic E-state index is 4.51. The number of rotatable bonds is 6. The van der Waals surface area contributed by atoms with Gasteiger partial charge in [0.15, 0.2) is 0 Å². The molecule has 8 rings (SSSR count). The van der Waals surface area contributed by atoms with Crippen molar-refractivity contribution in [2.24, 2.45) is 10.2 Å². The second-order valence-corrected chi connectivity index (χ2v) is 10.7. The first kappa shape index (κ1) is 24.5. The van der Waals surface area contributed by atoms with Crippen molar-refractivity contribution in [3.05, 3.63) is 127 Å². The summed E-state index contributed by atoms with van der Waals surface area (Å²) < 4.78 is 2.10. The number of hydrazone groups is 2. The summed E-state index contributed by atoms with van der Waals surface area (Å²) >= 11 is 6.94. The van der Waals surface area contributed by atoms with Crippen molar-refractivity contribution >= 4 is 55.7 Å². The Balaban J connectivity index is 1.32. The molecule has 0 saturated heterocycles. The van der Waals surface area contributed by atoms with E-state index < -0.39 is 0 Å². The third-order valence-corrected chi connectivity index (χ3v) is 7.33. The van der Waals surface area contributed by atoms with Crippen LogP contribution in [0.2, 0.25) is 0 Å². The Labute approximate surface area is 228 Å². The second-order valence-electron chi connectivity index (χ2n) is 8.82. The van der Waals surface area contributed by atoms with Crippen LogP contribution < -0.4 is 10.9 Å². The van der Waals surface area contributed by atoms with Gasteiger partial charge < -0.3 is 0 Å². The lowest BCUT2D eigenvalue weighted by molar-refractivity contribution is 0.918. The zero-order valence-corrected chi connectivity index (χ0v) is 22.9. The first-order valence-electron chi connectivity index (χ1n) is 12.0. The summed E-state index contributed by atoms with van der Waals surface area (Å²) in [6, 6.07) is 29.6. The molecule has 0 radical (unpaired) electrons. The molecule has 0 heterocycles. The third-order valence-electron chi connectivity index (χ3n) is 6.27. The monoisotopic (exact) mass is 600 g/mol. The summed E-state index contributed by atoms with van der Waals surface area (Å²) in [6.07, 6.45) is 7.71. The van der Waals surface area contributed by atoms with E-state index in [4.69, 9.17) is 0 Å². The molecule has 0 amide bonds. The lowest BCUT2D eigenvalue weighted by atomic mass is 9.91. The standard InChI is InChI=1S/C30H26Br2N4/c31-27-9-13-29(14-10-27)35-33-19-25-17-21-1-5-23(25)8-4-22-2-6-24(7-3-21)26(18-22)20-34-36-30-15-11-28(32)12-16-30/h1-2,5-6,9-20,35-36H,3-4,7-8H2/b33-19+,34-20+. The molecular weight excluding hydrogens is 576 g/mol. The van der Waals surface area contributed by atoms with Gasteiger partial charge in [0.05, 0.1) is 23.8 Å². The predicted molar refractivity (Wildman–Crippen MR) is 158 cm³/mol. The molecule has 36 heavy (non-hydrogen) atoms. The van der Waals surface area contributed by atoms with E-state index in [-0.39, 0.29) is 0 Å². The Kier molecular flexibility index (Phi) is 7.94. The number of hydrogen-bond acceptors (Lipinski definition) is 4. The van der Waals surface area contributed by atoms with Crippen LogP contribution in [0.1, 0.15) is 33.4 Å². The molecule has 0 aliphatic heterocycles. The van der Waals surface area contributed by atoms with Crippen LogP contribution >= 0.6 is 31.9 Å². The van der Waals surface area contributed by atoms with E-state index in [0.29, 0.717) is 0 Å². The fourth-order valence-electron chi connectivity index (χ4n) is 4.26. The Morgan fingerprint density at radius 2 is 0.944 bits per heavy atom. The largest absolute Gasteiger partial charge is 0.279 e. The number of nitrogens with zero attached hydrogens (tertiary/aromatic N) is 2. The Morgan fingerprint density at radius 3 is 1.36 bits per heavy atom. The Morgan fingerprint density at radius 1 is 0.528 bits per heavy atom. The van der Waals surface area contributed by atoms with E-state index in [2.05, 4.69) is 89.3 Å². The van der Waals surface area contributed by atoms with Crippen molar-refractivity contribution in [1.29, 1.82) is 0 Å². The van der Waals surface area contributed by atoms with Gasteiger partial charge in [0.1, 0.15) is 0 Å². The van der Waals surface area contributed by atoms with Crippen LogP contribution in [0.4, 0.5) is 11.4 Å². The highest BCUT2D eigenvalue weighted by Crippen LogP contribution is 2.21. The fourth-order valence-corrected chi connectivity index (χ4v) is 4.78. The van der Waals surface area contributed by atoms with Crippen LogP contribution in [0.15, 0.2) is 104 Å². The zero-order chi connectivity index (χ0) is 24.7.